The Morgan fingerprint density at radius 1 is 1.13 bits per heavy atom. The summed E-state index contributed by atoms with van der Waals surface area (Å²) in [7, 11) is 0. The number of rotatable bonds is 5. The fourth-order valence-corrected chi connectivity index (χ4v) is 1.84. The van der Waals surface area contributed by atoms with Gasteiger partial charge in [-0.25, -0.2) is 4.79 Å². The smallest absolute Gasteiger partial charge is 0.404 e. The summed E-state index contributed by atoms with van der Waals surface area (Å²) in [5, 5.41) is 2.79. The van der Waals surface area contributed by atoms with Gasteiger partial charge in [-0.1, -0.05) is 62.4 Å². The number of hydrogen-bond acceptors (Lipinski definition) is 2. The van der Waals surface area contributed by atoms with Crippen LogP contribution in [0.2, 0.25) is 0 Å². The predicted molar refractivity (Wildman–Crippen MR) is 86.9 cm³/mol. The Bertz CT molecular complexity index is 535. The van der Waals surface area contributed by atoms with Crippen molar-refractivity contribution in [2.45, 2.75) is 33.2 Å². The molecule has 23 heavy (non-hydrogen) atoms. The normalized spacial score (nSPS) is 10.2. The van der Waals surface area contributed by atoms with E-state index in [1.165, 1.54) is 12.3 Å². The summed E-state index contributed by atoms with van der Waals surface area (Å²) in [6.45, 7) is 7.31. The topological polar surface area (TPSA) is 42.2 Å². The van der Waals surface area contributed by atoms with Gasteiger partial charge in [-0.3, -0.25) is 0 Å². The predicted octanol–water partition coefficient (Wildman–Crippen LogP) is 3.32. The molecule has 121 valence electrons. The minimum absolute atomic E-state index is 0. The molecule has 0 aliphatic rings. The van der Waals surface area contributed by atoms with Gasteiger partial charge in [-0.05, 0) is 18.9 Å². The second-order valence-corrected chi connectivity index (χ2v) is 4.57. The van der Waals surface area contributed by atoms with Crippen molar-refractivity contribution in [2.75, 3.05) is 0 Å². The average Bonchev–Trinajstić information content (AvgIpc) is 2.56. The van der Waals surface area contributed by atoms with Gasteiger partial charge in [-0.15, -0.1) is 0 Å². The summed E-state index contributed by atoms with van der Waals surface area (Å²) >= 11 is 0. The van der Waals surface area contributed by atoms with Crippen molar-refractivity contribution in [1.29, 1.82) is 0 Å². The second kappa shape index (κ2) is 13.1. The number of nitrogens with one attached hydrogen (secondary N) is 1. The number of carbonyl (C=O) groups is 1. The molecule has 0 unspecified atom stereocenters. The molecular formula is C18H24N2O2Y. The molecule has 0 aliphatic carbocycles. The molecule has 1 atom stereocenters. The Balaban J connectivity index is 0.00000155. The van der Waals surface area contributed by atoms with E-state index in [1.54, 1.807) is 17.0 Å². The van der Waals surface area contributed by atoms with Crippen molar-refractivity contribution in [3.05, 3.63) is 73.2 Å². The maximum Gasteiger partial charge on any atom is 0.404 e. The molecule has 0 bridgehead atoms. The van der Waals surface area contributed by atoms with Crippen LogP contribution in [0.1, 0.15) is 26.3 Å². The molecule has 0 spiro atoms. The van der Waals surface area contributed by atoms with E-state index in [4.69, 9.17) is 4.74 Å². The molecule has 1 aromatic heterocycles. The van der Waals surface area contributed by atoms with Gasteiger partial charge >= 0.3 is 6.09 Å². The summed E-state index contributed by atoms with van der Waals surface area (Å²) in [5.74, 6) is 0. The van der Waals surface area contributed by atoms with Crippen LogP contribution in [0.3, 0.4) is 0 Å². The van der Waals surface area contributed by atoms with Crippen molar-refractivity contribution in [2.24, 2.45) is 0 Å². The van der Waals surface area contributed by atoms with E-state index in [0.717, 1.165) is 6.42 Å². The second-order valence-electron chi connectivity index (χ2n) is 4.57. The standard InChI is InChI=1S/C16H18N2O2.C2H6.Y/c1-14(12-15-8-4-2-5-9-15)17-16(19)20-13-18-10-6-3-7-11-18;1-2;/h2-11,13-14H,12H2,1H3,(H,17,19);1-2H3;/t14-;;/m0../s1. The quantitative estimate of drug-likeness (QED) is 0.630. The molecule has 2 rings (SSSR count). The van der Waals surface area contributed by atoms with Gasteiger partial charge in [0, 0.05) is 38.8 Å². The monoisotopic (exact) mass is 389 g/mol. The van der Waals surface area contributed by atoms with E-state index >= 15 is 0 Å². The van der Waals surface area contributed by atoms with Crippen LogP contribution in [-0.2, 0) is 43.9 Å². The Hall–Kier alpha value is -1.39. The van der Waals surface area contributed by atoms with Gasteiger partial charge in [-0.2, -0.15) is 0 Å². The van der Waals surface area contributed by atoms with Gasteiger partial charge < -0.3 is 14.6 Å². The SMILES string of the molecule is CC.C[C@@H](Cc1ccccc1)NC(=O)O[CH-][n+]1ccccc1.[Y]. The maximum absolute atomic E-state index is 11.6. The van der Waals surface area contributed by atoms with Crippen molar-refractivity contribution in [1.82, 2.24) is 5.32 Å². The van der Waals surface area contributed by atoms with E-state index in [-0.39, 0.29) is 38.8 Å². The van der Waals surface area contributed by atoms with E-state index in [9.17, 15) is 4.79 Å². The molecule has 4 nitrogen and oxygen atoms in total. The van der Waals surface area contributed by atoms with Crippen LogP contribution in [0.15, 0.2) is 60.9 Å². The van der Waals surface area contributed by atoms with Crippen LogP contribution in [-0.4, -0.2) is 12.1 Å². The van der Waals surface area contributed by atoms with Crippen molar-refractivity contribution >= 4 is 6.09 Å². The zero-order valence-electron chi connectivity index (χ0n) is 14.0. The minimum Gasteiger partial charge on any atom is -0.423 e. The first-order valence-corrected chi connectivity index (χ1v) is 7.54. The molecule has 1 N–H and O–H groups in total. The van der Waals surface area contributed by atoms with Crippen LogP contribution in [0.4, 0.5) is 4.79 Å². The number of ether oxygens (including phenoxy) is 1. The number of pyridine rings is 1. The molecule has 1 amide bonds. The fraction of sp³-hybridized carbons (Fsp3) is 0.278. The third-order valence-corrected chi connectivity index (χ3v) is 2.77. The summed E-state index contributed by atoms with van der Waals surface area (Å²) in [5.41, 5.74) is 1.18. The molecule has 1 radical (unpaired) electrons. The van der Waals surface area contributed by atoms with Crippen molar-refractivity contribution in [3.63, 3.8) is 0 Å². The molecule has 0 fully saturated rings. The van der Waals surface area contributed by atoms with Crippen LogP contribution in [0.25, 0.3) is 0 Å². The third kappa shape index (κ3) is 9.37. The van der Waals surface area contributed by atoms with Crippen LogP contribution in [0.5, 0.6) is 0 Å². The Morgan fingerprint density at radius 3 is 2.30 bits per heavy atom. The zero-order valence-corrected chi connectivity index (χ0v) is 16.8. The first-order valence-electron chi connectivity index (χ1n) is 7.54. The summed E-state index contributed by atoms with van der Waals surface area (Å²) in [6, 6.07) is 15.6. The van der Waals surface area contributed by atoms with Crippen molar-refractivity contribution in [3.8, 4) is 0 Å². The van der Waals surface area contributed by atoms with E-state index in [2.05, 4.69) is 5.32 Å². The molecule has 2 aromatic rings. The third-order valence-electron chi connectivity index (χ3n) is 2.77. The molecule has 0 aliphatic heterocycles. The maximum atomic E-state index is 11.6. The van der Waals surface area contributed by atoms with Gasteiger partial charge in [0.15, 0.2) is 0 Å². The Kier molecular flexibility index (Phi) is 12.3. The van der Waals surface area contributed by atoms with Crippen molar-refractivity contribution < 1.29 is 46.8 Å². The largest absolute Gasteiger partial charge is 0.423 e. The molecule has 1 heterocycles. The number of aromatic nitrogens is 1. The number of alkyl carbamates (subject to hydrolysis) is 1. The number of nitrogens with zero attached hydrogens (tertiary/aromatic N) is 1. The van der Waals surface area contributed by atoms with Gasteiger partial charge in [0.2, 0.25) is 6.73 Å². The number of benzene rings is 1. The summed E-state index contributed by atoms with van der Waals surface area (Å²) in [6.07, 6.45) is 3.90. The first-order chi connectivity index (χ1) is 10.7. The van der Waals surface area contributed by atoms with Crippen LogP contribution in [0, 0.1) is 6.73 Å². The molecule has 0 saturated heterocycles. The van der Waals surface area contributed by atoms with Crippen LogP contribution < -0.4 is 9.88 Å². The van der Waals surface area contributed by atoms with E-state index in [1.807, 2.05) is 69.3 Å². The average molecular weight is 389 g/mol. The zero-order chi connectivity index (χ0) is 16.2. The summed E-state index contributed by atoms with van der Waals surface area (Å²) < 4.78 is 6.69. The molecular weight excluding hydrogens is 365 g/mol. The van der Waals surface area contributed by atoms with Crippen LogP contribution >= 0.6 is 0 Å². The Labute approximate surface area is 164 Å². The molecule has 1 aromatic carbocycles. The fourth-order valence-electron chi connectivity index (χ4n) is 1.84. The minimum atomic E-state index is -0.454. The molecule has 0 saturated carbocycles. The summed E-state index contributed by atoms with van der Waals surface area (Å²) in [4.78, 5) is 11.6. The van der Waals surface area contributed by atoms with Gasteiger partial charge in [0.25, 0.3) is 0 Å². The first kappa shape index (κ1) is 21.6. The number of hydrogen-bond donors (Lipinski definition) is 1. The van der Waals surface area contributed by atoms with Gasteiger partial charge in [0.05, 0.1) is 12.4 Å². The van der Waals surface area contributed by atoms with E-state index < -0.39 is 6.09 Å². The number of amides is 1. The van der Waals surface area contributed by atoms with E-state index in [0.29, 0.717) is 0 Å². The Morgan fingerprint density at radius 2 is 1.70 bits per heavy atom. The molecule has 5 heteroatoms. The van der Waals surface area contributed by atoms with Gasteiger partial charge in [0.1, 0.15) is 0 Å². The number of carbonyl (C=O) groups excluding carboxylic acids is 1.